The molecule has 0 aromatic rings. The van der Waals surface area contributed by atoms with Crippen LogP contribution in [0, 0.1) is 17.8 Å². The van der Waals surface area contributed by atoms with E-state index in [0.29, 0.717) is 37.6 Å². The van der Waals surface area contributed by atoms with E-state index in [4.69, 9.17) is 26.6 Å². The van der Waals surface area contributed by atoms with Crippen LogP contribution in [0.1, 0.15) is 81.6 Å². The molecule has 0 N–H and O–H groups in total. The fraction of sp³-hybridized carbons (Fsp3) is 1.00. The third-order valence-electron chi connectivity index (χ3n) is 6.24. The van der Waals surface area contributed by atoms with Crippen molar-refractivity contribution in [1.82, 2.24) is 0 Å². The Balaban J connectivity index is 3.26. The lowest BCUT2D eigenvalue weighted by molar-refractivity contribution is 0.0999. The van der Waals surface area contributed by atoms with E-state index in [-0.39, 0.29) is 0 Å². The van der Waals surface area contributed by atoms with Gasteiger partial charge in [-0.3, -0.25) is 0 Å². The quantitative estimate of drug-likeness (QED) is 0.106. The molecule has 6 nitrogen and oxygen atoms in total. The maximum atomic E-state index is 7.27. The van der Waals surface area contributed by atoms with E-state index in [0.717, 1.165) is 75.3 Å². The van der Waals surface area contributed by atoms with Crippen LogP contribution >= 0.6 is 0 Å². The van der Waals surface area contributed by atoms with Crippen LogP contribution in [0.3, 0.4) is 0 Å². The number of rotatable bonds is 21. The van der Waals surface area contributed by atoms with Crippen LogP contribution < -0.4 is 0 Å². The van der Waals surface area contributed by atoms with Crippen LogP contribution in [-0.2, 0) is 26.6 Å². The Labute approximate surface area is 227 Å². The largest absolute Gasteiger partial charge is 0.415 e. The SMILES string of the molecule is CCC[Si]1(CCOCC(C)C)O[Si](CCC)(CCOCC(C)C)O[Si](CCC)(CCOCC(C)C)O1. The lowest BCUT2D eigenvalue weighted by Gasteiger charge is -2.54. The molecular weight excluding hydrogens is 505 g/mol. The monoisotopic (exact) mass is 564 g/mol. The summed E-state index contributed by atoms with van der Waals surface area (Å²) in [6, 6.07) is 5.72. The molecule has 0 atom stereocenters. The first-order valence-corrected chi connectivity index (χ1v) is 21.6. The second-order valence-corrected chi connectivity index (χ2v) is 22.9. The Bertz CT molecular complexity index is 480. The highest BCUT2D eigenvalue weighted by molar-refractivity contribution is 6.94. The Morgan fingerprint density at radius 1 is 0.444 bits per heavy atom. The fourth-order valence-corrected chi connectivity index (χ4v) is 23.9. The van der Waals surface area contributed by atoms with Gasteiger partial charge in [0.1, 0.15) is 0 Å². The van der Waals surface area contributed by atoms with Gasteiger partial charge in [0.2, 0.25) is 0 Å². The van der Waals surface area contributed by atoms with Crippen molar-refractivity contribution >= 4 is 25.7 Å². The van der Waals surface area contributed by atoms with Crippen molar-refractivity contribution in [1.29, 1.82) is 0 Å². The summed E-state index contributed by atoms with van der Waals surface area (Å²) in [6.45, 7) is 24.5. The van der Waals surface area contributed by atoms with Gasteiger partial charge in [-0.2, -0.15) is 0 Å². The molecule has 0 radical (unpaired) electrons. The topological polar surface area (TPSA) is 55.4 Å². The van der Waals surface area contributed by atoms with E-state index >= 15 is 0 Å². The normalized spacial score (nSPS) is 27.0. The Kier molecular flexibility index (Phi) is 17.1. The van der Waals surface area contributed by atoms with E-state index < -0.39 is 25.7 Å². The summed E-state index contributed by atoms with van der Waals surface area (Å²) in [5, 5.41) is 0. The summed E-state index contributed by atoms with van der Waals surface area (Å²) in [6.07, 6.45) is 3.20. The molecule has 36 heavy (non-hydrogen) atoms. The molecule has 1 rings (SSSR count). The minimum absolute atomic E-state index is 0.531. The number of ether oxygens (including phenoxy) is 3. The van der Waals surface area contributed by atoms with Gasteiger partial charge < -0.3 is 26.6 Å². The van der Waals surface area contributed by atoms with Crippen LogP contribution in [0.15, 0.2) is 0 Å². The first-order chi connectivity index (χ1) is 17.1. The highest BCUT2D eigenvalue weighted by atomic mass is 28.5. The Morgan fingerprint density at radius 3 is 0.889 bits per heavy atom. The van der Waals surface area contributed by atoms with Crippen molar-refractivity contribution in [3.8, 4) is 0 Å². The Hall–Kier alpha value is 0.411. The summed E-state index contributed by atoms with van der Waals surface area (Å²) < 4.78 is 40.1. The van der Waals surface area contributed by atoms with Crippen molar-refractivity contribution in [3.63, 3.8) is 0 Å². The zero-order valence-electron chi connectivity index (χ0n) is 25.3. The van der Waals surface area contributed by atoms with Crippen LogP contribution in [0.5, 0.6) is 0 Å². The smallest absolute Gasteiger partial charge is 0.322 e. The van der Waals surface area contributed by atoms with E-state index in [1.165, 1.54) is 0 Å². The summed E-state index contributed by atoms with van der Waals surface area (Å²) in [5.74, 6) is 1.59. The van der Waals surface area contributed by atoms with Gasteiger partial charge >= 0.3 is 25.7 Å². The third kappa shape index (κ3) is 13.0. The van der Waals surface area contributed by atoms with Crippen molar-refractivity contribution < 1.29 is 26.6 Å². The summed E-state index contributed by atoms with van der Waals surface area (Å²) in [4.78, 5) is 0. The fourth-order valence-electron chi connectivity index (χ4n) is 4.85. The molecule has 1 aliphatic rings. The number of hydrogen-bond donors (Lipinski definition) is 0. The van der Waals surface area contributed by atoms with Crippen LogP contribution in [0.2, 0.25) is 36.3 Å². The highest BCUT2D eigenvalue weighted by Gasteiger charge is 2.60. The molecule has 0 saturated carbocycles. The summed E-state index contributed by atoms with van der Waals surface area (Å²) >= 11 is 0. The van der Waals surface area contributed by atoms with Gasteiger partial charge in [-0.1, -0.05) is 81.6 Å². The van der Waals surface area contributed by atoms with Crippen LogP contribution in [0.25, 0.3) is 0 Å². The molecule has 0 aliphatic carbocycles. The van der Waals surface area contributed by atoms with Crippen molar-refractivity contribution in [2.45, 2.75) is 118 Å². The first kappa shape index (κ1) is 34.4. The predicted octanol–water partition coefficient (Wildman–Crippen LogP) is 7.62. The van der Waals surface area contributed by atoms with E-state index in [9.17, 15) is 0 Å². The maximum absolute atomic E-state index is 7.27. The molecule has 0 unspecified atom stereocenters. The molecule has 1 fully saturated rings. The maximum Gasteiger partial charge on any atom is 0.322 e. The van der Waals surface area contributed by atoms with Crippen LogP contribution in [-0.4, -0.2) is 65.3 Å². The van der Waals surface area contributed by atoms with E-state index in [1.54, 1.807) is 0 Å². The molecule has 9 heteroatoms. The summed E-state index contributed by atoms with van der Waals surface area (Å²) in [5.41, 5.74) is 0. The van der Waals surface area contributed by atoms with Crippen molar-refractivity contribution in [2.24, 2.45) is 17.8 Å². The van der Waals surface area contributed by atoms with Gasteiger partial charge in [0.15, 0.2) is 0 Å². The average molecular weight is 565 g/mol. The standard InChI is InChI=1S/C27H60O6Si3/c1-10-16-34(19-13-28-22-25(4)5)31-35(17-11-2,20-14-29-23-26(6)7)33-36(32-34,18-12-3)21-15-30-24-27(8)9/h25-27H,10-24H2,1-9H3. The number of hydrogen-bond acceptors (Lipinski definition) is 6. The average Bonchev–Trinajstić information content (AvgIpc) is 2.77. The second-order valence-electron chi connectivity index (χ2n) is 11.9. The van der Waals surface area contributed by atoms with Gasteiger partial charge in [0.25, 0.3) is 0 Å². The molecule has 0 aromatic heterocycles. The van der Waals surface area contributed by atoms with E-state index in [2.05, 4.69) is 62.3 Å². The lowest BCUT2D eigenvalue weighted by Crippen LogP contribution is -2.70. The molecule has 1 aliphatic heterocycles. The molecule has 1 saturated heterocycles. The van der Waals surface area contributed by atoms with Gasteiger partial charge in [-0.05, 0) is 35.9 Å². The van der Waals surface area contributed by atoms with E-state index in [1.807, 2.05) is 0 Å². The third-order valence-corrected chi connectivity index (χ3v) is 21.9. The minimum Gasteiger partial charge on any atom is -0.415 e. The minimum atomic E-state index is -2.50. The lowest BCUT2D eigenvalue weighted by atomic mass is 10.2. The van der Waals surface area contributed by atoms with Gasteiger partial charge in [-0.25, -0.2) is 0 Å². The molecule has 0 bridgehead atoms. The molecule has 0 aromatic carbocycles. The molecule has 1 heterocycles. The van der Waals surface area contributed by atoms with Gasteiger partial charge in [0.05, 0.1) is 0 Å². The molecular formula is C27H60O6Si3. The zero-order valence-corrected chi connectivity index (χ0v) is 28.3. The molecule has 216 valence electrons. The molecule has 0 amide bonds. The first-order valence-electron chi connectivity index (χ1n) is 14.9. The van der Waals surface area contributed by atoms with Crippen LogP contribution in [0.4, 0.5) is 0 Å². The second kappa shape index (κ2) is 17.9. The summed E-state index contributed by atoms with van der Waals surface area (Å²) in [7, 11) is -7.50. The highest BCUT2D eigenvalue weighted by Crippen LogP contribution is 2.43. The predicted molar refractivity (Wildman–Crippen MR) is 157 cm³/mol. The Morgan fingerprint density at radius 2 is 0.694 bits per heavy atom. The van der Waals surface area contributed by atoms with Gasteiger partial charge in [-0.15, -0.1) is 0 Å². The van der Waals surface area contributed by atoms with Crippen molar-refractivity contribution in [2.75, 3.05) is 39.6 Å². The molecule has 0 spiro atoms. The van der Waals surface area contributed by atoms with Gasteiger partial charge in [0, 0.05) is 57.8 Å². The van der Waals surface area contributed by atoms with Crippen molar-refractivity contribution in [3.05, 3.63) is 0 Å². The zero-order chi connectivity index (χ0) is 27.1.